The number of pyridine rings is 1. The highest BCUT2D eigenvalue weighted by Gasteiger charge is 2.12. The summed E-state index contributed by atoms with van der Waals surface area (Å²) in [5, 5.41) is 0. The van der Waals surface area contributed by atoms with Crippen LogP contribution in [-0.4, -0.2) is 21.1 Å². The summed E-state index contributed by atoms with van der Waals surface area (Å²) in [5.41, 5.74) is 8.71. The minimum Gasteiger partial charge on any atom is -0.330 e. The van der Waals surface area contributed by atoms with Crippen molar-refractivity contribution < 1.29 is 0 Å². The van der Waals surface area contributed by atoms with E-state index in [4.69, 9.17) is 5.73 Å². The number of imidazole rings is 1. The van der Waals surface area contributed by atoms with Crippen LogP contribution in [0.5, 0.6) is 0 Å². The first-order chi connectivity index (χ1) is 7.74. The summed E-state index contributed by atoms with van der Waals surface area (Å²) in [6.07, 6.45) is 2.63. The molecule has 2 aromatic heterocycles. The molecule has 2 aromatic rings. The Hall–Kier alpha value is -1.68. The highest BCUT2D eigenvalue weighted by molar-refractivity contribution is 5.51. The van der Waals surface area contributed by atoms with Gasteiger partial charge in [-0.1, -0.05) is 6.07 Å². The normalized spacial score (nSPS) is 10.7. The van der Waals surface area contributed by atoms with Gasteiger partial charge in [-0.05, 0) is 25.6 Å². The molecule has 0 aromatic carbocycles. The molecule has 4 heteroatoms. The molecule has 0 fully saturated rings. The zero-order valence-electron chi connectivity index (χ0n) is 9.64. The van der Waals surface area contributed by atoms with Crippen LogP contribution in [-0.2, 0) is 13.5 Å². The number of aromatic nitrogens is 3. The first-order valence-corrected chi connectivity index (χ1v) is 5.37. The van der Waals surface area contributed by atoms with Gasteiger partial charge in [0.1, 0.15) is 5.69 Å². The lowest BCUT2D eigenvalue weighted by Crippen LogP contribution is -2.08. The van der Waals surface area contributed by atoms with E-state index < -0.39 is 0 Å². The van der Waals surface area contributed by atoms with Gasteiger partial charge >= 0.3 is 0 Å². The summed E-state index contributed by atoms with van der Waals surface area (Å²) in [6, 6.07) is 5.84. The van der Waals surface area contributed by atoms with Crippen molar-refractivity contribution in [2.45, 2.75) is 13.3 Å². The van der Waals surface area contributed by atoms with Crippen LogP contribution < -0.4 is 5.73 Å². The second-order valence-corrected chi connectivity index (χ2v) is 3.78. The molecule has 0 aliphatic heterocycles. The Balaban J connectivity index is 2.47. The number of rotatable bonds is 3. The fourth-order valence-electron chi connectivity index (χ4n) is 1.88. The summed E-state index contributed by atoms with van der Waals surface area (Å²) in [5.74, 6) is 0.904. The van der Waals surface area contributed by atoms with Crippen LogP contribution in [0.4, 0.5) is 0 Å². The van der Waals surface area contributed by atoms with Gasteiger partial charge in [0.05, 0.1) is 5.69 Å². The standard InChI is InChI=1S/C12H16N4/c1-9-11(6-7-13)16(2)12(15-9)10-5-3-4-8-14-10/h3-5,8H,6-7,13H2,1-2H3. The molecule has 0 saturated carbocycles. The van der Waals surface area contributed by atoms with Crippen LogP contribution in [0.1, 0.15) is 11.4 Å². The fourth-order valence-corrected chi connectivity index (χ4v) is 1.88. The van der Waals surface area contributed by atoms with Crippen molar-refractivity contribution in [3.63, 3.8) is 0 Å². The maximum atomic E-state index is 5.59. The van der Waals surface area contributed by atoms with Gasteiger partial charge in [-0.25, -0.2) is 4.98 Å². The van der Waals surface area contributed by atoms with Crippen molar-refractivity contribution in [2.24, 2.45) is 12.8 Å². The fraction of sp³-hybridized carbons (Fsp3) is 0.333. The highest BCUT2D eigenvalue weighted by atomic mass is 15.1. The molecular formula is C12H16N4. The largest absolute Gasteiger partial charge is 0.330 e. The van der Waals surface area contributed by atoms with Crippen molar-refractivity contribution in [3.05, 3.63) is 35.8 Å². The van der Waals surface area contributed by atoms with Crippen LogP contribution >= 0.6 is 0 Å². The monoisotopic (exact) mass is 216 g/mol. The van der Waals surface area contributed by atoms with Gasteiger partial charge in [0.15, 0.2) is 5.82 Å². The van der Waals surface area contributed by atoms with E-state index in [-0.39, 0.29) is 0 Å². The van der Waals surface area contributed by atoms with Gasteiger partial charge < -0.3 is 10.3 Å². The summed E-state index contributed by atoms with van der Waals surface area (Å²) >= 11 is 0. The van der Waals surface area contributed by atoms with Gasteiger partial charge in [0.2, 0.25) is 0 Å². The van der Waals surface area contributed by atoms with E-state index in [2.05, 4.69) is 14.5 Å². The summed E-state index contributed by atoms with van der Waals surface area (Å²) < 4.78 is 2.07. The predicted octanol–water partition coefficient (Wildman–Crippen LogP) is 1.29. The maximum absolute atomic E-state index is 5.59. The first-order valence-electron chi connectivity index (χ1n) is 5.37. The van der Waals surface area contributed by atoms with E-state index in [0.717, 1.165) is 23.6 Å². The van der Waals surface area contributed by atoms with Crippen LogP contribution in [0.25, 0.3) is 11.5 Å². The molecule has 4 nitrogen and oxygen atoms in total. The molecule has 0 aliphatic carbocycles. The molecule has 2 heterocycles. The first kappa shape index (κ1) is 10.8. The van der Waals surface area contributed by atoms with E-state index in [0.29, 0.717) is 6.54 Å². The van der Waals surface area contributed by atoms with Gasteiger partial charge in [-0.15, -0.1) is 0 Å². The molecule has 0 amide bonds. The minimum atomic E-state index is 0.641. The van der Waals surface area contributed by atoms with E-state index in [1.54, 1.807) is 6.20 Å². The average Bonchev–Trinajstić information content (AvgIpc) is 2.59. The van der Waals surface area contributed by atoms with Gasteiger partial charge in [-0.3, -0.25) is 4.98 Å². The van der Waals surface area contributed by atoms with E-state index >= 15 is 0 Å². The maximum Gasteiger partial charge on any atom is 0.158 e. The lowest BCUT2D eigenvalue weighted by molar-refractivity contribution is 0.803. The molecule has 0 atom stereocenters. The Morgan fingerprint density at radius 1 is 1.38 bits per heavy atom. The third-order valence-corrected chi connectivity index (χ3v) is 2.69. The molecular weight excluding hydrogens is 200 g/mol. The molecule has 2 N–H and O–H groups in total. The van der Waals surface area contributed by atoms with Crippen LogP contribution in [0.2, 0.25) is 0 Å². The summed E-state index contributed by atoms with van der Waals surface area (Å²) in [6.45, 7) is 2.65. The smallest absolute Gasteiger partial charge is 0.158 e. The summed E-state index contributed by atoms with van der Waals surface area (Å²) in [4.78, 5) is 8.85. The molecule has 0 unspecified atom stereocenters. The van der Waals surface area contributed by atoms with E-state index in [1.807, 2.05) is 32.2 Å². The SMILES string of the molecule is Cc1nc(-c2ccccn2)n(C)c1CCN. The Kier molecular flexibility index (Phi) is 3.01. The Morgan fingerprint density at radius 2 is 2.19 bits per heavy atom. The third-order valence-electron chi connectivity index (χ3n) is 2.69. The lowest BCUT2D eigenvalue weighted by atomic mass is 10.2. The second-order valence-electron chi connectivity index (χ2n) is 3.78. The molecule has 0 aliphatic rings. The lowest BCUT2D eigenvalue weighted by Gasteiger charge is -2.04. The van der Waals surface area contributed by atoms with E-state index in [1.165, 1.54) is 5.69 Å². The quantitative estimate of drug-likeness (QED) is 0.841. The van der Waals surface area contributed by atoms with Crippen molar-refractivity contribution in [1.29, 1.82) is 0 Å². The average molecular weight is 216 g/mol. The molecule has 0 spiro atoms. The van der Waals surface area contributed by atoms with Crippen molar-refractivity contribution in [1.82, 2.24) is 14.5 Å². The van der Waals surface area contributed by atoms with Crippen LogP contribution in [0.15, 0.2) is 24.4 Å². The van der Waals surface area contributed by atoms with Crippen LogP contribution in [0.3, 0.4) is 0 Å². The number of nitrogens with two attached hydrogens (primary N) is 1. The molecule has 2 rings (SSSR count). The molecule has 0 saturated heterocycles. The Morgan fingerprint density at radius 3 is 2.81 bits per heavy atom. The molecule has 16 heavy (non-hydrogen) atoms. The Labute approximate surface area is 95.1 Å². The third kappa shape index (κ3) is 1.84. The molecule has 0 bridgehead atoms. The minimum absolute atomic E-state index is 0.641. The number of hydrogen-bond donors (Lipinski definition) is 1. The number of nitrogens with zero attached hydrogens (tertiary/aromatic N) is 3. The summed E-state index contributed by atoms with van der Waals surface area (Å²) in [7, 11) is 2.01. The van der Waals surface area contributed by atoms with Crippen LogP contribution in [0, 0.1) is 6.92 Å². The predicted molar refractivity (Wildman–Crippen MR) is 63.9 cm³/mol. The second kappa shape index (κ2) is 4.45. The van der Waals surface area contributed by atoms with Gasteiger partial charge in [-0.2, -0.15) is 0 Å². The molecule has 0 radical (unpaired) electrons. The van der Waals surface area contributed by atoms with Crippen molar-refractivity contribution in [3.8, 4) is 11.5 Å². The zero-order valence-corrected chi connectivity index (χ0v) is 9.64. The zero-order chi connectivity index (χ0) is 11.5. The molecule has 84 valence electrons. The van der Waals surface area contributed by atoms with Gasteiger partial charge in [0.25, 0.3) is 0 Å². The van der Waals surface area contributed by atoms with Gasteiger partial charge in [0, 0.05) is 25.4 Å². The van der Waals surface area contributed by atoms with Crippen molar-refractivity contribution in [2.75, 3.05) is 6.54 Å². The number of aryl methyl sites for hydroxylation is 1. The highest BCUT2D eigenvalue weighted by Crippen LogP contribution is 2.18. The van der Waals surface area contributed by atoms with Crippen molar-refractivity contribution >= 4 is 0 Å². The van der Waals surface area contributed by atoms with E-state index in [9.17, 15) is 0 Å². The number of hydrogen-bond acceptors (Lipinski definition) is 3. The topological polar surface area (TPSA) is 56.7 Å². The Bertz CT molecular complexity index is 473.